The lowest BCUT2D eigenvalue weighted by molar-refractivity contribution is -0.143. The van der Waals surface area contributed by atoms with Crippen LogP contribution in [-0.2, 0) is 9.59 Å². The number of carbonyl (C=O) groups is 2. The number of aliphatic carboxylic acids is 1. The predicted molar refractivity (Wildman–Crippen MR) is 71.2 cm³/mol. The van der Waals surface area contributed by atoms with Gasteiger partial charge in [0.2, 0.25) is 5.91 Å². The number of carbonyl (C=O) groups excluding carboxylic acids is 1. The Morgan fingerprint density at radius 3 is 2.18 bits per heavy atom. The molecule has 3 atom stereocenters. The molecule has 17 heavy (non-hydrogen) atoms. The molecule has 2 N–H and O–H groups in total. The Hall–Kier alpha value is -0.580. The number of carboxylic acid groups (broad SMARTS) is 1. The molecule has 0 aromatic heterocycles. The van der Waals surface area contributed by atoms with E-state index < -0.39 is 12.0 Å². The molecule has 0 aliphatic rings. The molecule has 0 saturated carbocycles. The van der Waals surface area contributed by atoms with Crippen molar-refractivity contribution in [1.29, 1.82) is 0 Å². The summed E-state index contributed by atoms with van der Waals surface area (Å²) in [5.74, 6) is -0.907. The predicted octanol–water partition coefficient (Wildman–Crippen LogP) is 2.41. The van der Waals surface area contributed by atoms with Gasteiger partial charge in [-0.05, 0) is 18.3 Å². The van der Waals surface area contributed by atoms with Gasteiger partial charge in [-0.25, -0.2) is 4.79 Å². The Bertz CT molecular complexity index is 268. The fourth-order valence-corrected chi connectivity index (χ4v) is 2.33. The maximum Gasteiger partial charge on any atom is 0.326 e. The number of rotatable bonds is 7. The minimum atomic E-state index is -0.975. The van der Waals surface area contributed by atoms with E-state index in [0.717, 1.165) is 0 Å². The van der Waals surface area contributed by atoms with Crippen molar-refractivity contribution in [3.63, 3.8) is 0 Å². The third-order valence-corrected chi connectivity index (χ3v) is 3.53. The maximum absolute atomic E-state index is 11.8. The van der Waals surface area contributed by atoms with Gasteiger partial charge in [-0.15, -0.1) is 0 Å². The van der Waals surface area contributed by atoms with Gasteiger partial charge in [-0.1, -0.05) is 50.0 Å². The second kappa shape index (κ2) is 7.69. The highest BCUT2D eigenvalue weighted by Gasteiger charge is 2.27. The van der Waals surface area contributed by atoms with Crippen LogP contribution in [0.2, 0.25) is 0 Å². The highest BCUT2D eigenvalue weighted by molar-refractivity contribution is 9.10. The molecule has 5 heteroatoms. The molecule has 0 aliphatic heterocycles. The number of hydrogen-bond donors (Lipinski definition) is 2. The molecule has 0 spiro atoms. The van der Waals surface area contributed by atoms with Crippen molar-refractivity contribution in [3.05, 3.63) is 0 Å². The Morgan fingerprint density at radius 2 is 1.82 bits per heavy atom. The molecule has 0 radical (unpaired) electrons. The summed E-state index contributed by atoms with van der Waals surface area (Å²) in [6.45, 7) is 7.77. The standard InChI is InChI=1S/C12H22BrNO3/c1-5-8(4)10(12(16)17)14-11(15)9(13)6-7(2)3/h7-10H,5-6H2,1-4H3,(H,14,15)(H,16,17). The van der Waals surface area contributed by atoms with Crippen LogP contribution in [0.25, 0.3) is 0 Å². The van der Waals surface area contributed by atoms with Crippen LogP contribution in [0.3, 0.4) is 0 Å². The first-order chi connectivity index (χ1) is 7.79. The van der Waals surface area contributed by atoms with E-state index in [1.54, 1.807) is 0 Å². The molecule has 0 aromatic carbocycles. The SMILES string of the molecule is CCC(C)C(NC(=O)C(Br)CC(C)C)C(=O)O. The lowest BCUT2D eigenvalue weighted by Gasteiger charge is -2.22. The van der Waals surface area contributed by atoms with E-state index in [0.29, 0.717) is 18.8 Å². The molecule has 0 rings (SSSR count). The zero-order valence-electron chi connectivity index (χ0n) is 10.9. The van der Waals surface area contributed by atoms with Gasteiger partial charge >= 0.3 is 5.97 Å². The second-order valence-electron chi connectivity index (χ2n) is 4.81. The van der Waals surface area contributed by atoms with Crippen LogP contribution in [-0.4, -0.2) is 27.9 Å². The number of alkyl halides is 1. The average Bonchev–Trinajstić information content (AvgIpc) is 2.22. The Balaban J connectivity index is 4.45. The molecule has 3 unspecified atom stereocenters. The zero-order valence-corrected chi connectivity index (χ0v) is 12.5. The van der Waals surface area contributed by atoms with E-state index in [9.17, 15) is 9.59 Å². The van der Waals surface area contributed by atoms with E-state index in [2.05, 4.69) is 21.2 Å². The monoisotopic (exact) mass is 307 g/mol. The van der Waals surface area contributed by atoms with Gasteiger partial charge in [-0.3, -0.25) is 4.79 Å². The minimum absolute atomic E-state index is 0.0739. The smallest absolute Gasteiger partial charge is 0.326 e. The summed E-state index contributed by atoms with van der Waals surface area (Å²) in [7, 11) is 0. The quantitative estimate of drug-likeness (QED) is 0.710. The number of carboxylic acids is 1. The topological polar surface area (TPSA) is 66.4 Å². The van der Waals surface area contributed by atoms with Gasteiger partial charge in [0.05, 0.1) is 4.83 Å². The van der Waals surface area contributed by atoms with Crippen molar-refractivity contribution in [2.75, 3.05) is 0 Å². The zero-order chi connectivity index (χ0) is 13.6. The number of halogens is 1. The van der Waals surface area contributed by atoms with Gasteiger partial charge in [0, 0.05) is 0 Å². The van der Waals surface area contributed by atoms with Gasteiger partial charge < -0.3 is 10.4 Å². The van der Waals surface area contributed by atoms with Crippen molar-refractivity contribution in [1.82, 2.24) is 5.32 Å². The van der Waals surface area contributed by atoms with E-state index in [4.69, 9.17) is 5.11 Å². The Morgan fingerprint density at radius 1 is 1.29 bits per heavy atom. The van der Waals surface area contributed by atoms with Crippen molar-refractivity contribution in [2.45, 2.75) is 51.4 Å². The average molecular weight is 308 g/mol. The molecule has 0 fully saturated rings. The van der Waals surface area contributed by atoms with Gasteiger partial charge in [0.1, 0.15) is 6.04 Å². The summed E-state index contributed by atoms with van der Waals surface area (Å²) >= 11 is 3.29. The summed E-state index contributed by atoms with van der Waals surface area (Å²) in [6.07, 6.45) is 1.41. The maximum atomic E-state index is 11.8. The van der Waals surface area contributed by atoms with Crippen LogP contribution in [0.4, 0.5) is 0 Å². The first-order valence-electron chi connectivity index (χ1n) is 5.96. The van der Waals surface area contributed by atoms with Crippen molar-refractivity contribution < 1.29 is 14.7 Å². The highest BCUT2D eigenvalue weighted by atomic mass is 79.9. The number of nitrogens with one attached hydrogen (secondary N) is 1. The van der Waals surface area contributed by atoms with E-state index in [1.807, 2.05) is 27.7 Å². The van der Waals surface area contributed by atoms with Crippen LogP contribution in [0.1, 0.15) is 40.5 Å². The van der Waals surface area contributed by atoms with E-state index in [-0.39, 0.29) is 16.7 Å². The molecule has 0 aliphatic carbocycles. The van der Waals surface area contributed by atoms with Gasteiger partial charge in [0.15, 0.2) is 0 Å². The van der Waals surface area contributed by atoms with E-state index >= 15 is 0 Å². The Kier molecular flexibility index (Phi) is 7.43. The number of amides is 1. The molecule has 4 nitrogen and oxygen atoms in total. The molecular weight excluding hydrogens is 286 g/mol. The van der Waals surface area contributed by atoms with Crippen molar-refractivity contribution in [3.8, 4) is 0 Å². The van der Waals surface area contributed by atoms with Crippen LogP contribution < -0.4 is 5.32 Å². The largest absolute Gasteiger partial charge is 0.480 e. The minimum Gasteiger partial charge on any atom is -0.480 e. The summed E-state index contributed by atoms with van der Waals surface area (Å²) in [5.41, 5.74) is 0. The van der Waals surface area contributed by atoms with Gasteiger partial charge in [-0.2, -0.15) is 0 Å². The molecule has 1 amide bonds. The molecule has 100 valence electrons. The van der Waals surface area contributed by atoms with Crippen LogP contribution >= 0.6 is 15.9 Å². The number of hydrogen-bond acceptors (Lipinski definition) is 2. The van der Waals surface area contributed by atoms with Crippen LogP contribution in [0.5, 0.6) is 0 Å². The van der Waals surface area contributed by atoms with Crippen molar-refractivity contribution in [2.24, 2.45) is 11.8 Å². The molecular formula is C12H22BrNO3. The third kappa shape index (κ3) is 6.05. The van der Waals surface area contributed by atoms with E-state index in [1.165, 1.54) is 0 Å². The third-order valence-electron chi connectivity index (χ3n) is 2.74. The summed E-state index contributed by atoms with van der Waals surface area (Å²) in [6, 6.07) is -0.806. The molecule has 0 bridgehead atoms. The van der Waals surface area contributed by atoms with Crippen LogP contribution in [0.15, 0.2) is 0 Å². The fourth-order valence-electron chi connectivity index (χ4n) is 1.45. The highest BCUT2D eigenvalue weighted by Crippen LogP contribution is 2.14. The Labute approximate surface area is 111 Å². The van der Waals surface area contributed by atoms with Gasteiger partial charge in [0.25, 0.3) is 0 Å². The second-order valence-corrected chi connectivity index (χ2v) is 5.91. The lowest BCUT2D eigenvalue weighted by atomic mass is 9.99. The van der Waals surface area contributed by atoms with Crippen molar-refractivity contribution >= 4 is 27.8 Å². The molecule has 0 saturated heterocycles. The summed E-state index contributed by atoms with van der Waals surface area (Å²) in [4.78, 5) is 22.5. The molecule has 0 heterocycles. The lowest BCUT2D eigenvalue weighted by Crippen LogP contribution is -2.47. The fraction of sp³-hybridized carbons (Fsp3) is 0.833. The summed E-state index contributed by atoms with van der Waals surface area (Å²) < 4.78 is 0. The van der Waals surface area contributed by atoms with Crippen LogP contribution in [0, 0.1) is 11.8 Å². The first kappa shape index (κ1) is 16.4. The first-order valence-corrected chi connectivity index (χ1v) is 6.88. The normalized spacial score (nSPS) is 16.4. The summed E-state index contributed by atoms with van der Waals surface area (Å²) in [5, 5.41) is 11.6. The molecule has 0 aromatic rings.